The predicted molar refractivity (Wildman–Crippen MR) is 89.3 cm³/mol. The highest BCUT2D eigenvalue weighted by molar-refractivity contribution is 6.42. The van der Waals surface area contributed by atoms with Gasteiger partial charge in [0, 0.05) is 19.2 Å². The molecule has 1 amide bonds. The van der Waals surface area contributed by atoms with Gasteiger partial charge in [0.1, 0.15) is 17.9 Å². The van der Waals surface area contributed by atoms with Crippen molar-refractivity contribution in [3.8, 4) is 5.75 Å². The summed E-state index contributed by atoms with van der Waals surface area (Å²) in [6.07, 6.45) is 1.80. The van der Waals surface area contributed by atoms with Crippen LogP contribution in [0.1, 0.15) is 12.8 Å². The van der Waals surface area contributed by atoms with Gasteiger partial charge in [-0.3, -0.25) is 4.79 Å². The van der Waals surface area contributed by atoms with Crippen molar-refractivity contribution < 1.29 is 14.3 Å². The average Bonchev–Trinajstić information content (AvgIpc) is 2.58. The summed E-state index contributed by atoms with van der Waals surface area (Å²) >= 11 is 11.9. The molecule has 126 valence electrons. The number of amides is 1. The highest BCUT2D eigenvalue weighted by atomic mass is 35.5. The second-order valence-electron chi connectivity index (χ2n) is 5.82. The largest absolute Gasteiger partial charge is 0.489 e. The number of likely N-dealkylation sites (tertiary alicyclic amines) is 1. The van der Waals surface area contributed by atoms with Crippen molar-refractivity contribution in [2.45, 2.75) is 25.0 Å². The second kappa shape index (κ2) is 7.71. The van der Waals surface area contributed by atoms with Crippen molar-refractivity contribution in [3.63, 3.8) is 0 Å². The summed E-state index contributed by atoms with van der Waals surface area (Å²) in [6, 6.07) is 4.98. The third-order valence-electron chi connectivity index (χ3n) is 4.10. The van der Waals surface area contributed by atoms with Gasteiger partial charge in [0.25, 0.3) is 0 Å². The number of ether oxygens (including phenoxy) is 2. The van der Waals surface area contributed by atoms with Crippen LogP contribution in [0.25, 0.3) is 0 Å². The molecule has 2 aliphatic rings. The lowest BCUT2D eigenvalue weighted by atomic mass is 10.1. The molecule has 2 atom stereocenters. The molecule has 1 aromatic carbocycles. The van der Waals surface area contributed by atoms with Gasteiger partial charge in [-0.1, -0.05) is 23.2 Å². The Morgan fingerprint density at radius 2 is 2.22 bits per heavy atom. The Kier molecular flexibility index (Phi) is 5.64. The number of halogens is 2. The average molecular weight is 359 g/mol. The molecule has 0 saturated carbocycles. The van der Waals surface area contributed by atoms with E-state index in [1.165, 1.54) is 0 Å². The van der Waals surface area contributed by atoms with Crippen LogP contribution >= 0.6 is 23.2 Å². The van der Waals surface area contributed by atoms with E-state index < -0.39 is 0 Å². The third-order valence-corrected chi connectivity index (χ3v) is 4.84. The van der Waals surface area contributed by atoms with Gasteiger partial charge in [-0.15, -0.1) is 0 Å². The SMILES string of the molecule is O=C(C1COCCN1)N1CCCC(Oc2ccc(Cl)c(Cl)c2)C1. The molecule has 0 aliphatic carbocycles. The van der Waals surface area contributed by atoms with Gasteiger partial charge < -0.3 is 19.7 Å². The lowest BCUT2D eigenvalue weighted by molar-refractivity contribution is -0.139. The second-order valence-corrected chi connectivity index (χ2v) is 6.64. The molecule has 2 saturated heterocycles. The van der Waals surface area contributed by atoms with Crippen LogP contribution < -0.4 is 10.1 Å². The minimum absolute atomic E-state index is 0.0329. The smallest absolute Gasteiger partial charge is 0.242 e. The van der Waals surface area contributed by atoms with E-state index in [4.69, 9.17) is 32.7 Å². The Morgan fingerprint density at radius 3 is 2.96 bits per heavy atom. The molecule has 23 heavy (non-hydrogen) atoms. The fourth-order valence-electron chi connectivity index (χ4n) is 2.92. The molecule has 2 heterocycles. The summed E-state index contributed by atoms with van der Waals surface area (Å²) in [4.78, 5) is 14.4. The van der Waals surface area contributed by atoms with Crippen molar-refractivity contribution in [2.24, 2.45) is 0 Å². The highest BCUT2D eigenvalue weighted by Gasteiger charge is 2.30. The van der Waals surface area contributed by atoms with Gasteiger partial charge in [-0.05, 0) is 25.0 Å². The lowest BCUT2D eigenvalue weighted by Gasteiger charge is -2.36. The molecule has 0 radical (unpaired) electrons. The number of hydrogen-bond donors (Lipinski definition) is 1. The topological polar surface area (TPSA) is 50.8 Å². The van der Waals surface area contributed by atoms with Crippen molar-refractivity contribution in [2.75, 3.05) is 32.8 Å². The molecular weight excluding hydrogens is 339 g/mol. The number of piperidine rings is 1. The summed E-state index contributed by atoms with van der Waals surface area (Å²) < 4.78 is 11.3. The van der Waals surface area contributed by atoms with E-state index in [2.05, 4.69) is 5.32 Å². The number of morpholine rings is 1. The van der Waals surface area contributed by atoms with Gasteiger partial charge >= 0.3 is 0 Å². The molecule has 1 N–H and O–H groups in total. The number of benzene rings is 1. The molecule has 0 bridgehead atoms. The zero-order valence-corrected chi connectivity index (χ0v) is 14.3. The van der Waals surface area contributed by atoms with Gasteiger partial charge in [0.2, 0.25) is 5.91 Å². The van der Waals surface area contributed by atoms with E-state index in [0.29, 0.717) is 42.1 Å². The van der Waals surface area contributed by atoms with E-state index in [1.807, 2.05) is 4.90 Å². The van der Waals surface area contributed by atoms with Crippen molar-refractivity contribution in [1.82, 2.24) is 10.2 Å². The van der Waals surface area contributed by atoms with Gasteiger partial charge in [0.05, 0.1) is 29.8 Å². The number of carbonyl (C=O) groups is 1. The van der Waals surface area contributed by atoms with E-state index >= 15 is 0 Å². The number of nitrogens with one attached hydrogen (secondary N) is 1. The summed E-state index contributed by atoms with van der Waals surface area (Å²) in [5, 5.41) is 4.18. The lowest BCUT2D eigenvalue weighted by Crippen LogP contribution is -2.55. The molecule has 2 aliphatic heterocycles. The fraction of sp³-hybridized carbons (Fsp3) is 0.562. The molecule has 2 fully saturated rings. The van der Waals surface area contributed by atoms with Crippen LogP contribution in [0.3, 0.4) is 0 Å². The first-order valence-electron chi connectivity index (χ1n) is 7.85. The van der Waals surface area contributed by atoms with Gasteiger partial charge in [-0.25, -0.2) is 0 Å². The van der Waals surface area contributed by atoms with E-state index in [1.54, 1.807) is 18.2 Å². The summed E-state index contributed by atoms with van der Waals surface area (Å²) in [5.74, 6) is 0.768. The zero-order chi connectivity index (χ0) is 16.2. The minimum atomic E-state index is -0.243. The summed E-state index contributed by atoms with van der Waals surface area (Å²) in [6.45, 7) is 3.16. The monoisotopic (exact) mass is 358 g/mol. The maximum Gasteiger partial charge on any atom is 0.242 e. The molecule has 1 aromatic rings. The molecule has 5 nitrogen and oxygen atoms in total. The molecule has 0 aromatic heterocycles. The van der Waals surface area contributed by atoms with Crippen LogP contribution in [0.15, 0.2) is 18.2 Å². The molecule has 3 rings (SSSR count). The predicted octanol–water partition coefficient (Wildman–Crippen LogP) is 2.35. The Balaban J connectivity index is 1.59. The van der Waals surface area contributed by atoms with Crippen LogP contribution in [0.2, 0.25) is 10.0 Å². The normalized spacial score (nSPS) is 25.2. The Hall–Kier alpha value is -1.01. The van der Waals surface area contributed by atoms with Crippen molar-refractivity contribution >= 4 is 29.1 Å². The van der Waals surface area contributed by atoms with Crippen LogP contribution in [0, 0.1) is 0 Å². The van der Waals surface area contributed by atoms with Crippen LogP contribution in [-0.2, 0) is 9.53 Å². The van der Waals surface area contributed by atoms with E-state index in [-0.39, 0.29) is 18.1 Å². The number of hydrogen-bond acceptors (Lipinski definition) is 4. The first-order chi connectivity index (χ1) is 11.1. The third kappa shape index (κ3) is 4.29. The molecule has 7 heteroatoms. The quantitative estimate of drug-likeness (QED) is 0.900. The highest BCUT2D eigenvalue weighted by Crippen LogP contribution is 2.28. The standard InChI is InChI=1S/C16H20Cl2N2O3/c17-13-4-3-11(8-14(13)18)23-12-2-1-6-20(9-12)16(21)15-10-22-7-5-19-15/h3-4,8,12,15,19H,1-2,5-7,9-10H2. The Bertz CT molecular complexity index is 564. The maximum absolute atomic E-state index is 12.5. The minimum Gasteiger partial charge on any atom is -0.489 e. The number of carbonyl (C=O) groups excluding carboxylic acids is 1. The molecule has 2 unspecified atom stereocenters. The number of nitrogens with zero attached hydrogens (tertiary/aromatic N) is 1. The van der Waals surface area contributed by atoms with Crippen LogP contribution in [0.4, 0.5) is 0 Å². The van der Waals surface area contributed by atoms with Gasteiger partial charge in [0.15, 0.2) is 0 Å². The van der Waals surface area contributed by atoms with Crippen molar-refractivity contribution in [3.05, 3.63) is 28.2 Å². The summed E-state index contributed by atoms with van der Waals surface area (Å²) in [5.41, 5.74) is 0. The maximum atomic E-state index is 12.5. The van der Waals surface area contributed by atoms with Gasteiger partial charge in [-0.2, -0.15) is 0 Å². The molecule has 0 spiro atoms. The molecular formula is C16H20Cl2N2O3. The van der Waals surface area contributed by atoms with Crippen molar-refractivity contribution in [1.29, 1.82) is 0 Å². The van der Waals surface area contributed by atoms with E-state index in [9.17, 15) is 4.79 Å². The first-order valence-corrected chi connectivity index (χ1v) is 8.60. The van der Waals surface area contributed by atoms with Crippen LogP contribution in [-0.4, -0.2) is 55.8 Å². The Labute approximate surface area is 145 Å². The summed E-state index contributed by atoms with van der Waals surface area (Å²) in [7, 11) is 0. The van der Waals surface area contributed by atoms with Crippen LogP contribution in [0.5, 0.6) is 5.75 Å². The Morgan fingerprint density at radius 1 is 1.35 bits per heavy atom. The van der Waals surface area contributed by atoms with E-state index in [0.717, 1.165) is 19.4 Å². The fourth-order valence-corrected chi connectivity index (χ4v) is 3.21. The first kappa shape index (κ1) is 16.8. The zero-order valence-electron chi connectivity index (χ0n) is 12.8. The number of rotatable bonds is 3.